The molecule has 8 nitrogen and oxygen atoms in total. The van der Waals surface area contributed by atoms with Crippen LogP contribution in [0.15, 0.2) is 41.5 Å². The normalized spacial score (nSPS) is 12.9. The van der Waals surface area contributed by atoms with Crippen LogP contribution >= 0.6 is 0 Å². The van der Waals surface area contributed by atoms with Crippen LogP contribution in [0.3, 0.4) is 0 Å². The number of methoxy groups -OCH3 is 1. The lowest BCUT2D eigenvalue weighted by Crippen LogP contribution is -2.16. The molecule has 2 aromatic carbocycles. The van der Waals surface area contributed by atoms with Gasteiger partial charge in [0, 0.05) is 11.6 Å². The van der Waals surface area contributed by atoms with Crippen molar-refractivity contribution in [3.63, 3.8) is 0 Å². The summed E-state index contributed by atoms with van der Waals surface area (Å²) >= 11 is 0. The fraction of sp³-hybridized carbons (Fsp3) is 0.188. The summed E-state index contributed by atoms with van der Waals surface area (Å²) in [6, 6.07) is 9.79. The summed E-state index contributed by atoms with van der Waals surface area (Å²) in [6.45, 7) is 0.932. The van der Waals surface area contributed by atoms with Crippen LogP contribution in [0, 0.1) is 10.1 Å². The lowest BCUT2D eigenvalue weighted by molar-refractivity contribution is -0.384. The Morgan fingerprint density at radius 2 is 2.08 bits per heavy atom. The van der Waals surface area contributed by atoms with Gasteiger partial charge in [0.05, 0.1) is 18.2 Å². The molecule has 2 aromatic rings. The first kappa shape index (κ1) is 15.6. The molecule has 8 heteroatoms. The van der Waals surface area contributed by atoms with Crippen molar-refractivity contribution in [1.29, 1.82) is 0 Å². The van der Waals surface area contributed by atoms with Gasteiger partial charge < -0.3 is 14.2 Å². The number of nitro groups is 1. The average Bonchev–Trinajstić information content (AvgIpc) is 2.61. The zero-order valence-electron chi connectivity index (χ0n) is 12.9. The molecule has 0 unspecified atom stereocenters. The highest BCUT2D eigenvalue weighted by molar-refractivity contribution is 5.83. The number of nitrogens with one attached hydrogen (secondary N) is 1. The molecule has 0 aromatic heterocycles. The molecule has 1 aliphatic rings. The Morgan fingerprint density at radius 3 is 2.88 bits per heavy atom. The van der Waals surface area contributed by atoms with E-state index in [2.05, 4.69) is 10.5 Å². The van der Waals surface area contributed by atoms with Gasteiger partial charge in [0.1, 0.15) is 18.9 Å². The summed E-state index contributed by atoms with van der Waals surface area (Å²) in [6.07, 6.45) is 1.53. The number of rotatable bonds is 5. The monoisotopic (exact) mass is 329 g/mol. The molecule has 1 aliphatic heterocycles. The number of nitro benzene ring substituents is 1. The molecule has 0 atom stereocenters. The summed E-state index contributed by atoms with van der Waals surface area (Å²) in [5.74, 6) is 1.68. The summed E-state index contributed by atoms with van der Waals surface area (Å²) in [5.41, 5.74) is 3.65. The van der Waals surface area contributed by atoms with Gasteiger partial charge in [-0.25, -0.2) is 0 Å². The maximum absolute atomic E-state index is 11.0. The maximum Gasteiger partial charge on any atom is 0.294 e. The number of ether oxygens (including phenoxy) is 3. The number of para-hydroxylation sites is 2. The number of anilines is 1. The second kappa shape index (κ2) is 6.86. The van der Waals surface area contributed by atoms with Crippen molar-refractivity contribution in [1.82, 2.24) is 0 Å². The van der Waals surface area contributed by atoms with Gasteiger partial charge in [-0.3, -0.25) is 15.5 Å². The van der Waals surface area contributed by atoms with Crippen LogP contribution in [-0.2, 0) is 0 Å². The quantitative estimate of drug-likeness (QED) is 0.515. The minimum atomic E-state index is -0.467. The first-order chi connectivity index (χ1) is 11.7. The smallest absolute Gasteiger partial charge is 0.294 e. The zero-order valence-corrected chi connectivity index (χ0v) is 12.9. The van der Waals surface area contributed by atoms with Gasteiger partial charge in [-0.1, -0.05) is 12.1 Å². The van der Waals surface area contributed by atoms with Crippen LogP contribution in [0.25, 0.3) is 0 Å². The summed E-state index contributed by atoms with van der Waals surface area (Å²) in [7, 11) is 1.54. The van der Waals surface area contributed by atoms with E-state index in [4.69, 9.17) is 14.2 Å². The van der Waals surface area contributed by atoms with Crippen LogP contribution < -0.4 is 19.6 Å². The molecule has 0 saturated heterocycles. The molecule has 124 valence electrons. The predicted molar refractivity (Wildman–Crippen MR) is 88.3 cm³/mol. The number of hydrazone groups is 1. The Morgan fingerprint density at radius 1 is 1.29 bits per heavy atom. The Kier molecular flexibility index (Phi) is 4.46. The van der Waals surface area contributed by atoms with Crippen molar-refractivity contribution in [2.24, 2.45) is 5.10 Å². The Balaban J connectivity index is 1.81. The third kappa shape index (κ3) is 3.22. The van der Waals surface area contributed by atoms with Gasteiger partial charge >= 0.3 is 0 Å². The number of nitrogens with zero attached hydrogens (tertiary/aromatic N) is 2. The molecule has 1 N–H and O–H groups in total. The van der Waals surface area contributed by atoms with Gasteiger partial charge in [-0.05, 0) is 18.2 Å². The maximum atomic E-state index is 11.0. The lowest BCUT2D eigenvalue weighted by Gasteiger charge is -2.20. The molecule has 0 saturated carbocycles. The number of benzene rings is 2. The molecule has 0 radical (unpaired) electrons. The zero-order chi connectivity index (χ0) is 16.9. The van der Waals surface area contributed by atoms with E-state index < -0.39 is 4.92 Å². The standard InChI is InChI=1S/C16H15N3O5/c1-22-14-8-11(9-15-16(14)24-7-6-23-15)10-17-18-12-4-2-3-5-13(12)19(20)21/h2-5,8-10,18H,6-7H2,1H3/b17-10-. The summed E-state index contributed by atoms with van der Waals surface area (Å²) in [5, 5.41) is 15.0. The molecule has 0 fully saturated rings. The minimum Gasteiger partial charge on any atom is -0.493 e. The summed E-state index contributed by atoms with van der Waals surface area (Å²) < 4.78 is 16.4. The molecule has 0 aliphatic carbocycles. The number of hydrogen-bond donors (Lipinski definition) is 1. The molecule has 0 bridgehead atoms. The van der Waals surface area contributed by atoms with Crippen LogP contribution in [0.5, 0.6) is 17.2 Å². The van der Waals surface area contributed by atoms with E-state index in [1.54, 1.807) is 37.4 Å². The highest BCUT2D eigenvalue weighted by Gasteiger charge is 2.18. The Hall–Kier alpha value is -3.29. The predicted octanol–water partition coefficient (Wildman–Crippen LogP) is 2.82. The van der Waals surface area contributed by atoms with Crippen molar-refractivity contribution in [3.8, 4) is 17.2 Å². The topological polar surface area (TPSA) is 95.2 Å². The summed E-state index contributed by atoms with van der Waals surface area (Å²) in [4.78, 5) is 10.5. The largest absolute Gasteiger partial charge is 0.493 e. The highest BCUT2D eigenvalue weighted by atomic mass is 16.6. The van der Waals surface area contributed by atoms with Gasteiger partial charge in [0.2, 0.25) is 5.75 Å². The van der Waals surface area contributed by atoms with Crippen molar-refractivity contribution in [2.45, 2.75) is 0 Å². The second-order valence-corrected chi connectivity index (χ2v) is 4.89. The van der Waals surface area contributed by atoms with Crippen LogP contribution in [0.2, 0.25) is 0 Å². The molecule has 1 heterocycles. The molecular weight excluding hydrogens is 314 g/mol. The molecule has 0 amide bonds. The second-order valence-electron chi connectivity index (χ2n) is 4.89. The Labute approximate surface area is 137 Å². The first-order valence-corrected chi connectivity index (χ1v) is 7.19. The fourth-order valence-corrected chi connectivity index (χ4v) is 2.27. The van der Waals surface area contributed by atoms with Crippen molar-refractivity contribution in [2.75, 3.05) is 25.7 Å². The van der Waals surface area contributed by atoms with E-state index in [9.17, 15) is 10.1 Å². The van der Waals surface area contributed by atoms with Crippen molar-refractivity contribution < 1.29 is 19.1 Å². The average molecular weight is 329 g/mol. The van der Waals surface area contributed by atoms with Gasteiger partial charge in [-0.15, -0.1) is 0 Å². The number of fused-ring (bicyclic) bond motifs is 1. The molecule has 24 heavy (non-hydrogen) atoms. The third-order valence-electron chi connectivity index (χ3n) is 3.35. The highest BCUT2D eigenvalue weighted by Crippen LogP contribution is 2.40. The van der Waals surface area contributed by atoms with E-state index >= 15 is 0 Å². The van der Waals surface area contributed by atoms with E-state index in [0.29, 0.717) is 41.7 Å². The first-order valence-electron chi connectivity index (χ1n) is 7.19. The van der Waals surface area contributed by atoms with E-state index in [1.807, 2.05) is 0 Å². The van der Waals surface area contributed by atoms with E-state index in [1.165, 1.54) is 12.3 Å². The lowest BCUT2D eigenvalue weighted by atomic mass is 10.2. The fourth-order valence-electron chi connectivity index (χ4n) is 2.27. The van der Waals surface area contributed by atoms with Crippen LogP contribution in [-0.4, -0.2) is 31.5 Å². The molecular formula is C16H15N3O5. The Bertz CT molecular complexity index is 774. The van der Waals surface area contributed by atoms with Crippen molar-refractivity contribution in [3.05, 3.63) is 52.1 Å². The van der Waals surface area contributed by atoms with Crippen molar-refractivity contribution >= 4 is 17.6 Å². The van der Waals surface area contributed by atoms with Gasteiger partial charge in [0.15, 0.2) is 11.5 Å². The molecule has 3 rings (SSSR count). The van der Waals surface area contributed by atoms with E-state index in [0.717, 1.165) is 0 Å². The molecule has 0 spiro atoms. The van der Waals surface area contributed by atoms with Gasteiger partial charge in [0.25, 0.3) is 5.69 Å². The number of hydrogen-bond acceptors (Lipinski definition) is 7. The minimum absolute atomic E-state index is 0.0468. The SMILES string of the molecule is COc1cc(/C=N\Nc2ccccc2[N+](=O)[O-])cc2c1OCCO2. The van der Waals surface area contributed by atoms with Crippen LogP contribution in [0.1, 0.15) is 5.56 Å². The third-order valence-corrected chi connectivity index (χ3v) is 3.35. The van der Waals surface area contributed by atoms with E-state index in [-0.39, 0.29) is 5.69 Å². The van der Waals surface area contributed by atoms with Gasteiger partial charge in [-0.2, -0.15) is 5.10 Å². The van der Waals surface area contributed by atoms with Crippen LogP contribution in [0.4, 0.5) is 11.4 Å².